The second kappa shape index (κ2) is 6.64. The van der Waals surface area contributed by atoms with Gasteiger partial charge in [-0.25, -0.2) is 17.2 Å². The SMILES string of the molecule is Cc1cccc(-c2cc(F)c(F)cc2NS(=O)(=O)c2ccccc2)c1. The summed E-state index contributed by atoms with van der Waals surface area (Å²) in [5, 5.41) is 0. The summed E-state index contributed by atoms with van der Waals surface area (Å²) in [5.74, 6) is -2.17. The van der Waals surface area contributed by atoms with Gasteiger partial charge in [0, 0.05) is 11.6 Å². The summed E-state index contributed by atoms with van der Waals surface area (Å²) in [6, 6.07) is 16.7. The lowest BCUT2D eigenvalue weighted by atomic mass is 10.0. The van der Waals surface area contributed by atoms with E-state index in [0.717, 1.165) is 17.7 Å². The molecule has 0 saturated heterocycles. The van der Waals surface area contributed by atoms with Gasteiger partial charge in [0.1, 0.15) is 0 Å². The molecular formula is C19H15F2NO2S. The second-order valence-electron chi connectivity index (χ2n) is 5.60. The number of nitrogens with one attached hydrogen (secondary N) is 1. The minimum absolute atomic E-state index is 0.0200. The van der Waals surface area contributed by atoms with Crippen molar-refractivity contribution < 1.29 is 17.2 Å². The Morgan fingerprint density at radius 3 is 2.20 bits per heavy atom. The van der Waals surface area contributed by atoms with Crippen LogP contribution < -0.4 is 4.72 Å². The summed E-state index contributed by atoms with van der Waals surface area (Å²) in [7, 11) is -3.92. The Hall–Kier alpha value is -2.73. The molecule has 1 N–H and O–H groups in total. The van der Waals surface area contributed by atoms with Crippen molar-refractivity contribution in [2.24, 2.45) is 0 Å². The fourth-order valence-corrected chi connectivity index (χ4v) is 3.58. The van der Waals surface area contributed by atoms with Crippen molar-refractivity contribution in [3.63, 3.8) is 0 Å². The molecule has 0 heterocycles. The number of aryl methyl sites for hydroxylation is 1. The Labute approximate surface area is 145 Å². The van der Waals surface area contributed by atoms with Gasteiger partial charge in [0.15, 0.2) is 11.6 Å². The lowest BCUT2D eigenvalue weighted by Gasteiger charge is -2.14. The van der Waals surface area contributed by atoms with Crippen LogP contribution in [0.3, 0.4) is 0 Å². The largest absolute Gasteiger partial charge is 0.279 e. The van der Waals surface area contributed by atoms with Gasteiger partial charge in [0.25, 0.3) is 10.0 Å². The summed E-state index contributed by atoms with van der Waals surface area (Å²) in [6.45, 7) is 1.86. The first kappa shape index (κ1) is 17.1. The van der Waals surface area contributed by atoms with Crippen molar-refractivity contribution in [3.05, 3.63) is 83.9 Å². The molecule has 0 aromatic heterocycles. The van der Waals surface area contributed by atoms with Crippen LogP contribution in [0.15, 0.2) is 71.6 Å². The lowest BCUT2D eigenvalue weighted by Crippen LogP contribution is -2.14. The summed E-state index contributed by atoms with van der Waals surface area (Å²) in [6.07, 6.45) is 0. The molecule has 0 bridgehead atoms. The van der Waals surface area contributed by atoms with Gasteiger partial charge < -0.3 is 0 Å². The Bertz CT molecular complexity index is 1020. The van der Waals surface area contributed by atoms with Gasteiger partial charge in [0.05, 0.1) is 10.6 Å². The third kappa shape index (κ3) is 3.69. The molecule has 0 radical (unpaired) electrons. The van der Waals surface area contributed by atoms with Gasteiger partial charge in [-0.3, -0.25) is 4.72 Å². The molecule has 3 aromatic carbocycles. The highest BCUT2D eigenvalue weighted by Crippen LogP contribution is 2.32. The molecule has 0 fully saturated rings. The molecule has 3 nitrogen and oxygen atoms in total. The zero-order valence-electron chi connectivity index (χ0n) is 13.3. The van der Waals surface area contributed by atoms with Crippen LogP contribution in [0.4, 0.5) is 14.5 Å². The number of benzene rings is 3. The van der Waals surface area contributed by atoms with Gasteiger partial charge in [-0.1, -0.05) is 48.0 Å². The predicted octanol–water partition coefficient (Wildman–Crippen LogP) is 4.74. The van der Waals surface area contributed by atoms with Crippen molar-refractivity contribution in [1.29, 1.82) is 0 Å². The molecule has 0 aliphatic carbocycles. The quantitative estimate of drug-likeness (QED) is 0.731. The number of anilines is 1. The number of rotatable bonds is 4. The van der Waals surface area contributed by atoms with E-state index in [0.29, 0.717) is 5.56 Å². The maximum absolute atomic E-state index is 13.7. The van der Waals surface area contributed by atoms with E-state index >= 15 is 0 Å². The van der Waals surface area contributed by atoms with E-state index < -0.39 is 21.7 Å². The smallest absolute Gasteiger partial charge is 0.261 e. The van der Waals surface area contributed by atoms with Crippen LogP contribution in [-0.4, -0.2) is 8.42 Å². The van der Waals surface area contributed by atoms with Crippen LogP contribution >= 0.6 is 0 Å². The topological polar surface area (TPSA) is 46.2 Å². The second-order valence-corrected chi connectivity index (χ2v) is 7.28. The van der Waals surface area contributed by atoms with Crippen LogP contribution in [-0.2, 0) is 10.0 Å². The number of sulfonamides is 1. The normalized spacial score (nSPS) is 11.3. The minimum Gasteiger partial charge on any atom is -0.279 e. The van der Waals surface area contributed by atoms with Crippen molar-refractivity contribution in [1.82, 2.24) is 0 Å². The summed E-state index contributed by atoms with van der Waals surface area (Å²) < 4.78 is 54.9. The van der Waals surface area contributed by atoms with E-state index in [9.17, 15) is 17.2 Å². The number of halogens is 2. The molecule has 0 aliphatic rings. The molecule has 3 aromatic rings. The van der Waals surface area contributed by atoms with Crippen LogP contribution in [0.1, 0.15) is 5.56 Å². The highest BCUT2D eigenvalue weighted by atomic mass is 32.2. The fraction of sp³-hybridized carbons (Fsp3) is 0.0526. The third-order valence-electron chi connectivity index (χ3n) is 3.69. The monoisotopic (exact) mass is 359 g/mol. The average molecular weight is 359 g/mol. The molecule has 0 saturated carbocycles. The van der Waals surface area contributed by atoms with Crippen molar-refractivity contribution in [3.8, 4) is 11.1 Å². The molecule has 0 spiro atoms. The Morgan fingerprint density at radius 2 is 1.52 bits per heavy atom. The van der Waals surface area contributed by atoms with Gasteiger partial charge in [-0.05, 0) is 30.7 Å². The maximum Gasteiger partial charge on any atom is 0.261 e. The fourth-order valence-electron chi connectivity index (χ4n) is 2.49. The van der Waals surface area contributed by atoms with E-state index in [1.54, 1.807) is 36.4 Å². The van der Waals surface area contributed by atoms with Crippen LogP contribution in [0.2, 0.25) is 0 Å². The molecule has 128 valence electrons. The summed E-state index contributed by atoms with van der Waals surface area (Å²) in [4.78, 5) is 0.0370. The van der Waals surface area contributed by atoms with Crippen molar-refractivity contribution in [2.75, 3.05) is 4.72 Å². The molecular weight excluding hydrogens is 344 g/mol. The predicted molar refractivity (Wildman–Crippen MR) is 93.8 cm³/mol. The number of hydrogen-bond donors (Lipinski definition) is 1. The highest BCUT2D eigenvalue weighted by Gasteiger charge is 2.19. The summed E-state index contributed by atoms with van der Waals surface area (Å²) >= 11 is 0. The molecule has 3 rings (SSSR count). The van der Waals surface area contributed by atoms with E-state index in [2.05, 4.69) is 4.72 Å². The minimum atomic E-state index is -3.92. The Kier molecular flexibility index (Phi) is 4.55. The van der Waals surface area contributed by atoms with Crippen LogP contribution in [0.25, 0.3) is 11.1 Å². The Morgan fingerprint density at radius 1 is 0.840 bits per heavy atom. The highest BCUT2D eigenvalue weighted by molar-refractivity contribution is 7.92. The Balaban J connectivity index is 2.11. The third-order valence-corrected chi connectivity index (χ3v) is 5.07. The van der Waals surface area contributed by atoms with Gasteiger partial charge in [0.2, 0.25) is 0 Å². The molecule has 0 unspecified atom stereocenters. The molecule has 6 heteroatoms. The summed E-state index contributed by atoms with van der Waals surface area (Å²) in [5.41, 5.74) is 1.75. The molecule has 0 aliphatic heterocycles. The van der Waals surface area contributed by atoms with E-state index in [1.165, 1.54) is 12.1 Å². The standard InChI is InChI=1S/C19H15F2NO2S/c1-13-6-5-7-14(10-13)16-11-17(20)18(21)12-19(16)22-25(23,24)15-8-3-2-4-9-15/h2-12,22H,1H3. The molecule has 25 heavy (non-hydrogen) atoms. The maximum atomic E-state index is 13.7. The number of hydrogen-bond acceptors (Lipinski definition) is 2. The van der Waals surface area contributed by atoms with Gasteiger partial charge in [-0.2, -0.15) is 0 Å². The first-order chi connectivity index (χ1) is 11.9. The van der Waals surface area contributed by atoms with E-state index in [1.807, 2.05) is 13.0 Å². The zero-order chi connectivity index (χ0) is 18.0. The lowest BCUT2D eigenvalue weighted by molar-refractivity contribution is 0.509. The van der Waals surface area contributed by atoms with Gasteiger partial charge in [-0.15, -0.1) is 0 Å². The van der Waals surface area contributed by atoms with E-state index in [4.69, 9.17) is 0 Å². The van der Waals surface area contributed by atoms with Crippen LogP contribution in [0.5, 0.6) is 0 Å². The van der Waals surface area contributed by atoms with Crippen molar-refractivity contribution in [2.45, 2.75) is 11.8 Å². The molecule has 0 amide bonds. The van der Waals surface area contributed by atoms with E-state index in [-0.39, 0.29) is 16.1 Å². The van der Waals surface area contributed by atoms with Gasteiger partial charge >= 0.3 is 0 Å². The zero-order valence-corrected chi connectivity index (χ0v) is 14.1. The first-order valence-corrected chi connectivity index (χ1v) is 8.99. The average Bonchev–Trinajstić information content (AvgIpc) is 2.58. The van der Waals surface area contributed by atoms with Crippen molar-refractivity contribution >= 4 is 15.7 Å². The first-order valence-electron chi connectivity index (χ1n) is 7.51. The van der Waals surface area contributed by atoms with Crippen LogP contribution in [0, 0.1) is 18.6 Å². The molecule has 0 atom stereocenters.